The number of ether oxygens (including phenoxy) is 1. The topological polar surface area (TPSA) is 75.0 Å². The molecule has 10 heteroatoms. The SMILES string of the molecule is CCNC(=NCC(=O)N1CCc2sccc2C1)N1CCOC(c2cnn(C)c2)C1.I. The van der Waals surface area contributed by atoms with Crippen molar-refractivity contribution in [2.24, 2.45) is 12.0 Å². The standard InChI is InChI=1S/C20H28N6O2S.HI/c1-3-21-20(26-7-8-28-17(14-26)16-10-23-24(2)12-16)22-11-19(27)25-6-4-18-15(13-25)5-9-29-18;/h5,9-10,12,17H,3-4,6-8,11,13-14H2,1-2H3,(H,21,22);1H. The molecular formula is C20H29IN6O2S. The Bertz CT molecular complexity index is 882. The zero-order valence-electron chi connectivity index (χ0n) is 17.4. The number of guanidine groups is 1. The van der Waals surface area contributed by atoms with Crippen molar-refractivity contribution < 1.29 is 9.53 Å². The highest BCUT2D eigenvalue weighted by atomic mass is 127. The second kappa shape index (κ2) is 10.6. The summed E-state index contributed by atoms with van der Waals surface area (Å²) in [6.07, 6.45) is 4.72. The van der Waals surface area contributed by atoms with Gasteiger partial charge in [-0.05, 0) is 30.4 Å². The van der Waals surface area contributed by atoms with E-state index in [2.05, 4.69) is 31.8 Å². The first-order valence-corrected chi connectivity index (χ1v) is 11.0. The van der Waals surface area contributed by atoms with Crippen molar-refractivity contribution >= 4 is 47.2 Å². The van der Waals surface area contributed by atoms with Crippen molar-refractivity contribution in [2.45, 2.75) is 26.0 Å². The Balaban J connectivity index is 0.00000256. The summed E-state index contributed by atoms with van der Waals surface area (Å²) in [5, 5.41) is 9.68. The summed E-state index contributed by atoms with van der Waals surface area (Å²) in [7, 11) is 1.90. The first-order valence-electron chi connectivity index (χ1n) is 10.1. The Morgan fingerprint density at radius 1 is 1.40 bits per heavy atom. The van der Waals surface area contributed by atoms with Crippen molar-refractivity contribution in [1.29, 1.82) is 0 Å². The van der Waals surface area contributed by atoms with Gasteiger partial charge in [-0.2, -0.15) is 5.10 Å². The second-order valence-corrected chi connectivity index (χ2v) is 8.36. The summed E-state index contributed by atoms with van der Waals surface area (Å²) in [6.45, 7) is 6.49. The molecule has 0 bridgehead atoms. The molecule has 30 heavy (non-hydrogen) atoms. The van der Waals surface area contributed by atoms with Gasteiger partial charge in [-0.1, -0.05) is 0 Å². The van der Waals surface area contributed by atoms with Crippen LogP contribution < -0.4 is 5.32 Å². The third kappa shape index (κ3) is 5.33. The lowest BCUT2D eigenvalue weighted by Gasteiger charge is -2.35. The molecule has 0 spiro atoms. The quantitative estimate of drug-likeness (QED) is 0.363. The molecule has 1 atom stereocenters. The van der Waals surface area contributed by atoms with E-state index in [9.17, 15) is 4.79 Å². The molecule has 2 aliphatic heterocycles. The molecule has 1 amide bonds. The third-order valence-electron chi connectivity index (χ3n) is 5.32. The average Bonchev–Trinajstić information content (AvgIpc) is 3.39. The van der Waals surface area contributed by atoms with E-state index in [-0.39, 0.29) is 42.5 Å². The highest BCUT2D eigenvalue weighted by molar-refractivity contribution is 14.0. The van der Waals surface area contributed by atoms with Gasteiger partial charge in [0.15, 0.2) is 5.96 Å². The smallest absolute Gasteiger partial charge is 0.244 e. The molecule has 1 N–H and O–H groups in total. The lowest BCUT2D eigenvalue weighted by Crippen LogP contribution is -2.48. The van der Waals surface area contributed by atoms with Gasteiger partial charge in [0.1, 0.15) is 12.6 Å². The average molecular weight is 544 g/mol. The number of nitrogens with zero attached hydrogens (tertiary/aromatic N) is 5. The highest BCUT2D eigenvalue weighted by Crippen LogP contribution is 2.24. The van der Waals surface area contributed by atoms with Crippen LogP contribution in [-0.4, -0.2) is 70.8 Å². The first-order chi connectivity index (χ1) is 14.1. The number of aromatic nitrogens is 2. The zero-order chi connectivity index (χ0) is 20.2. The minimum atomic E-state index is -0.0453. The van der Waals surface area contributed by atoms with Gasteiger partial charge in [0.25, 0.3) is 0 Å². The monoisotopic (exact) mass is 544 g/mol. The number of aliphatic imine (C=N–C) groups is 1. The zero-order valence-corrected chi connectivity index (χ0v) is 20.6. The summed E-state index contributed by atoms with van der Waals surface area (Å²) >= 11 is 1.78. The molecule has 0 aliphatic carbocycles. The maximum Gasteiger partial charge on any atom is 0.244 e. The van der Waals surface area contributed by atoms with Crippen LogP contribution in [0.1, 0.15) is 29.0 Å². The van der Waals surface area contributed by atoms with Crippen LogP contribution in [0, 0.1) is 0 Å². The van der Waals surface area contributed by atoms with Gasteiger partial charge in [0.2, 0.25) is 5.91 Å². The number of rotatable bonds is 4. The summed E-state index contributed by atoms with van der Waals surface area (Å²) < 4.78 is 7.72. The first kappa shape index (κ1) is 23.0. The Morgan fingerprint density at radius 3 is 3.03 bits per heavy atom. The van der Waals surface area contributed by atoms with E-state index in [1.807, 2.05) is 31.3 Å². The molecule has 0 radical (unpaired) electrons. The van der Waals surface area contributed by atoms with Crippen LogP contribution in [0.15, 0.2) is 28.8 Å². The van der Waals surface area contributed by atoms with Gasteiger partial charge in [-0.25, -0.2) is 4.99 Å². The number of hydrogen-bond acceptors (Lipinski definition) is 5. The fourth-order valence-corrected chi connectivity index (χ4v) is 4.67. The minimum absolute atomic E-state index is 0. The molecule has 0 aromatic carbocycles. The van der Waals surface area contributed by atoms with Crippen LogP contribution in [0.3, 0.4) is 0 Å². The normalized spacial score (nSPS) is 19.3. The second-order valence-electron chi connectivity index (χ2n) is 7.36. The van der Waals surface area contributed by atoms with Crippen LogP contribution in [0.25, 0.3) is 0 Å². The third-order valence-corrected chi connectivity index (χ3v) is 6.34. The van der Waals surface area contributed by atoms with Gasteiger partial charge >= 0.3 is 0 Å². The number of aryl methyl sites for hydroxylation is 1. The van der Waals surface area contributed by atoms with Crippen LogP contribution in [-0.2, 0) is 29.5 Å². The summed E-state index contributed by atoms with van der Waals surface area (Å²) in [6, 6.07) is 2.12. The molecule has 1 fully saturated rings. The predicted octanol–water partition coefficient (Wildman–Crippen LogP) is 2.02. The Morgan fingerprint density at radius 2 is 2.27 bits per heavy atom. The molecule has 2 aromatic rings. The number of hydrogen-bond donors (Lipinski definition) is 1. The van der Waals surface area contributed by atoms with E-state index in [1.165, 1.54) is 10.4 Å². The van der Waals surface area contributed by atoms with Crippen LogP contribution in [0.4, 0.5) is 0 Å². The van der Waals surface area contributed by atoms with Gasteiger partial charge < -0.3 is 19.9 Å². The van der Waals surface area contributed by atoms with Gasteiger partial charge in [-0.3, -0.25) is 9.48 Å². The van der Waals surface area contributed by atoms with Crippen molar-refractivity contribution in [3.05, 3.63) is 39.8 Å². The molecule has 0 saturated carbocycles. The number of morpholine rings is 1. The lowest BCUT2D eigenvalue weighted by molar-refractivity contribution is -0.130. The molecule has 164 valence electrons. The number of carbonyl (C=O) groups is 1. The number of nitrogens with one attached hydrogen (secondary N) is 1. The van der Waals surface area contributed by atoms with Crippen molar-refractivity contribution in [3.63, 3.8) is 0 Å². The maximum atomic E-state index is 12.8. The number of fused-ring (bicyclic) bond motifs is 1. The summed E-state index contributed by atoms with van der Waals surface area (Å²) in [5.41, 5.74) is 2.34. The molecular weight excluding hydrogens is 515 g/mol. The number of carbonyl (C=O) groups excluding carboxylic acids is 1. The number of amides is 1. The number of thiophene rings is 1. The maximum absolute atomic E-state index is 12.8. The Kier molecular flexibility index (Phi) is 8.12. The predicted molar refractivity (Wildman–Crippen MR) is 128 cm³/mol. The Hall–Kier alpha value is -1.66. The van der Waals surface area contributed by atoms with E-state index < -0.39 is 0 Å². The van der Waals surface area contributed by atoms with Gasteiger partial charge in [-0.15, -0.1) is 35.3 Å². The molecule has 8 nitrogen and oxygen atoms in total. The molecule has 2 aliphatic rings. The van der Waals surface area contributed by atoms with Gasteiger partial charge in [0, 0.05) is 49.9 Å². The fourth-order valence-electron chi connectivity index (χ4n) is 3.78. The van der Waals surface area contributed by atoms with Gasteiger partial charge in [0.05, 0.1) is 19.3 Å². The van der Waals surface area contributed by atoms with Crippen LogP contribution >= 0.6 is 35.3 Å². The van der Waals surface area contributed by atoms with E-state index in [1.54, 1.807) is 16.0 Å². The van der Waals surface area contributed by atoms with Crippen LogP contribution in [0.5, 0.6) is 0 Å². The van der Waals surface area contributed by atoms with Crippen molar-refractivity contribution in [1.82, 2.24) is 24.9 Å². The fraction of sp³-hybridized carbons (Fsp3) is 0.550. The molecule has 1 saturated heterocycles. The van der Waals surface area contributed by atoms with Crippen LogP contribution in [0.2, 0.25) is 0 Å². The van der Waals surface area contributed by atoms with E-state index >= 15 is 0 Å². The molecule has 1 unspecified atom stereocenters. The largest absolute Gasteiger partial charge is 0.370 e. The highest BCUT2D eigenvalue weighted by Gasteiger charge is 2.26. The van der Waals surface area contributed by atoms with Crippen molar-refractivity contribution in [2.75, 3.05) is 39.3 Å². The summed E-state index contributed by atoms with van der Waals surface area (Å²) in [5.74, 6) is 0.848. The minimum Gasteiger partial charge on any atom is -0.370 e. The molecule has 2 aromatic heterocycles. The molecule has 4 rings (SSSR count). The van der Waals surface area contributed by atoms with E-state index in [4.69, 9.17) is 4.74 Å². The van der Waals surface area contributed by atoms with E-state index in [0.29, 0.717) is 19.7 Å². The Labute approximate surface area is 198 Å². The van der Waals surface area contributed by atoms with Crippen molar-refractivity contribution in [3.8, 4) is 0 Å². The summed E-state index contributed by atoms with van der Waals surface area (Å²) in [4.78, 5) is 22.9. The lowest BCUT2D eigenvalue weighted by atomic mass is 10.1. The molecule has 4 heterocycles. The van der Waals surface area contributed by atoms with E-state index in [0.717, 1.165) is 37.6 Å². The number of halogens is 1.